The number of fused-ring (bicyclic) bond motifs is 2. The molecule has 8 heteroatoms. The van der Waals surface area contributed by atoms with Gasteiger partial charge in [0.15, 0.2) is 17.0 Å². The predicted octanol–water partition coefficient (Wildman–Crippen LogP) is 2.35. The zero-order chi connectivity index (χ0) is 19.6. The fourth-order valence-corrected chi connectivity index (χ4v) is 3.97. The second kappa shape index (κ2) is 7.63. The van der Waals surface area contributed by atoms with Gasteiger partial charge in [-0.1, -0.05) is 18.2 Å². The van der Waals surface area contributed by atoms with Gasteiger partial charge in [0.05, 0.1) is 18.5 Å². The number of benzene rings is 1. The molecular weight excluding hydrogens is 366 g/mol. The maximum Gasteiger partial charge on any atom is 0.165 e. The van der Waals surface area contributed by atoms with Crippen molar-refractivity contribution in [3.63, 3.8) is 0 Å². The standard InChI is InChI=1S/C21H23N7O/c1-29-13-12-28-15-25-19-20(23-14-24-21(19)28)27-10-8-26(9-11-27)18-6-7-22-17-5-3-2-4-16(17)18/h2-7,14-15H,8-13H2,1H3. The van der Waals surface area contributed by atoms with Crippen LogP contribution in [0, 0.1) is 0 Å². The maximum absolute atomic E-state index is 5.18. The number of para-hydroxylation sites is 1. The maximum atomic E-state index is 5.18. The summed E-state index contributed by atoms with van der Waals surface area (Å²) in [5.41, 5.74) is 3.99. The molecule has 29 heavy (non-hydrogen) atoms. The molecule has 1 fully saturated rings. The molecule has 1 saturated heterocycles. The van der Waals surface area contributed by atoms with E-state index in [2.05, 4.69) is 54.0 Å². The van der Waals surface area contributed by atoms with Crippen LogP contribution >= 0.6 is 0 Å². The summed E-state index contributed by atoms with van der Waals surface area (Å²) in [5.74, 6) is 0.908. The lowest BCUT2D eigenvalue weighted by Gasteiger charge is -2.37. The van der Waals surface area contributed by atoms with Gasteiger partial charge in [0.25, 0.3) is 0 Å². The molecule has 0 bridgehead atoms. The van der Waals surface area contributed by atoms with E-state index in [1.807, 2.05) is 23.2 Å². The van der Waals surface area contributed by atoms with Gasteiger partial charge in [-0.05, 0) is 12.1 Å². The summed E-state index contributed by atoms with van der Waals surface area (Å²) in [5, 5.41) is 1.20. The van der Waals surface area contributed by atoms with E-state index < -0.39 is 0 Å². The van der Waals surface area contributed by atoms with Crippen LogP contribution in [0.4, 0.5) is 11.5 Å². The van der Waals surface area contributed by atoms with Crippen molar-refractivity contribution < 1.29 is 4.74 Å². The van der Waals surface area contributed by atoms with Crippen molar-refractivity contribution in [1.82, 2.24) is 24.5 Å². The lowest BCUT2D eigenvalue weighted by molar-refractivity contribution is 0.188. The molecule has 1 aliphatic rings. The number of imidazole rings is 1. The molecule has 0 amide bonds. The van der Waals surface area contributed by atoms with E-state index in [1.165, 1.54) is 11.1 Å². The molecule has 4 aromatic rings. The van der Waals surface area contributed by atoms with Crippen LogP contribution < -0.4 is 9.80 Å². The van der Waals surface area contributed by atoms with E-state index in [1.54, 1.807) is 13.4 Å². The number of hydrogen-bond acceptors (Lipinski definition) is 7. The fourth-order valence-electron chi connectivity index (χ4n) is 3.97. The first-order chi connectivity index (χ1) is 14.3. The summed E-state index contributed by atoms with van der Waals surface area (Å²) >= 11 is 0. The number of hydrogen-bond donors (Lipinski definition) is 0. The van der Waals surface area contributed by atoms with Crippen LogP contribution in [0.25, 0.3) is 22.1 Å². The summed E-state index contributed by atoms with van der Waals surface area (Å²) in [4.78, 5) is 22.8. The second-order valence-corrected chi connectivity index (χ2v) is 7.12. The largest absolute Gasteiger partial charge is 0.383 e. The molecule has 5 rings (SSSR count). The molecule has 0 atom stereocenters. The van der Waals surface area contributed by atoms with Gasteiger partial charge in [-0.3, -0.25) is 4.98 Å². The zero-order valence-corrected chi connectivity index (χ0v) is 16.4. The second-order valence-electron chi connectivity index (χ2n) is 7.12. The van der Waals surface area contributed by atoms with E-state index in [0.717, 1.165) is 55.2 Å². The minimum atomic E-state index is 0.628. The van der Waals surface area contributed by atoms with E-state index in [-0.39, 0.29) is 0 Å². The number of piperazine rings is 1. The number of nitrogens with zero attached hydrogens (tertiary/aromatic N) is 7. The Labute approximate surface area is 168 Å². The van der Waals surface area contributed by atoms with Crippen LogP contribution in [0.15, 0.2) is 49.2 Å². The number of ether oxygens (including phenoxy) is 1. The Balaban J connectivity index is 1.37. The van der Waals surface area contributed by atoms with Gasteiger partial charge < -0.3 is 19.1 Å². The van der Waals surface area contributed by atoms with E-state index >= 15 is 0 Å². The molecule has 1 aliphatic heterocycles. The summed E-state index contributed by atoms with van der Waals surface area (Å²) in [7, 11) is 1.70. The first-order valence-corrected chi connectivity index (χ1v) is 9.83. The number of anilines is 2. The molecule has 0 aliphatic carbocycles. The third kappa shape index (κ3) is 3.25. The average Bonchev–Trinajstić information content (AvgIpc) is 3.20. The topological polar surface area (TPSA) is 72.2 Å². The quantitative estimate of drug-likeness (QED) is 0.519. The number of rotatable bonds is 5. The molecule has 148 valence electrons. The minimum Gasteiger partial charge on any atom is -0.383 e. The molecule has 8 nitrogen and oxygen atoms in total. The van der Waals surface area contributed by atoms with Gasteiger partial charge in [-0.25, -0.2) is 15.0 Å². The van der Waals surface area contributed by atoms with Crippen LogP contribution in [0.1, 0.15) is 0 Å². The van der Waals surface area contributed by atoms with Crippen molar-refractivity contribution in [2.45, 2.75) is 6.54 Å². The van der Waals surface area contributed by atoms with Crippen molar-refractivity contribution in [3.05, 3.63) is 49.2 Å². The fraction of sp³-hybridized carbons (Fsp3) is 0.333. The smallest absolute Gasteiger partial charge is 0.165 e. The Kier molecular flexibility index (Phi) is 4.69. The van der Waals surface area contributed by atoms with Crippen LogP contribution in [-0.4, -0.2) is 64.4 Å². The Hall–Kier alpha value is -3.26. The first-order valence-electron chi connectivity index (χ1n) is 9.83. The van der Waals surface area contributed by atoms with Crippen LogP contribution in [0.5, 0.6) is 0 Å². The third-order valence-electron chi connectivity index (χ3n) is 5.46. The van der Waals surface area contributed by atoms with Gasteiger partial charge in [-0.15, -0.1) is 0 Å². The Morgan fingerprint density at radius 3 is 2.62 bits per heavy atom. The molecule has 0 N–H and O–H groups in total. The molecule has 0 radical (unpaired) electrons. The van der Waals surface area contributed by atoms with Gasteiger partial charge in [-0.2, -0.15) is 0 Å². The lowest BCUT2D eigenvalue weighted by atomic mass is 10.1. The van der Waals surface area contributed by atoms with Crippen molar-refractivity contribution in [2.24, 2.45) is 0 Å². The number of methoxy groups -OCH3 is 1. The zero-order valence-electron chi connectivity index (χ0n) is 16.4. The van der Waals surface area contributed by atoms with Gasteiger partial charge in [0.2, 0.25) is 0 Å². The molecule has 0 unspecified atom stereocenters. The van der Waals surface area contributed by atoms with Crippen molar-refractivity contribution in [1.29, 1.82) is 0 Å². The lowest BCUT2D eigenvalue weighted by Crippen LogP contribution is -2.47. The highest BCUT2D eigenvalue weighted by Gasteiger charge is 2.22. The number of aromatic nitrogens is 5. The monoisotopic (exact) mass is 389 g/mol. The Morgan fingerprint density at radius 2 is 1.76 bits per heavy atom. The predicted molar refractivity (Wildman–Crippen MR) is 113 cm³/mol. The molecule has 3 aromatic heterocycles. The summed E-state index contributed by atoms with van der Waals surface area (Å²) < 4.78 is 7.20. The van der Waals surface area contributed by atoms with E-state index in [4.69, 9.17) is 4.74 Å². The van der Waals surface area contributed by atoms with Crippen LogP contribution in [-0.2, 0) is 11.3 Å². The van der Waals surface area contributed by atoms with Crippen LogP contribution in [0.3, 0.4) is 0 Å². The molecule has 4 heterocycles. The third-order valence-corrected chi connectivity index (χ3v) is 5.46. The first kappa shape index (κ1) is 17.8. The van der Waals surface area contributed by atoms with Gasteiger partial charge >= 0.3 is 0 Å². The molecule has 0 spiro atoms. The van der Waals surface area contributed by atoms with Crippen LogP contribution in [0.2, 0.25) is 0 Å². The van der Waals surface area contributed by atoms with Crippen molar-refractivity contribution in [3.8, 4) is 0 Å². The highest BCUT2D eigenvalue weighted by molar-refractivity contribution is 5.91. The number of pyridine rings is 1. The van der Waals surface area contributed by atoms with E-state index in [9.17, 15) is 0 Å². The Morgan fingerprint density at radius 1 is 0.931 bits per heavy atom. The van der Waals surface area contributed by atoms with Gasteiger partial charge in [0.1, 0.15) is 6.33 Å². The van der Waals surface area contributed by atoms with Gasteiger partial charge in [0, 0.05) is 57.1 Å². The summed E-state index contributed by atoms with van der Waals surface area (Å²) in [6.07, 6.45) is 5.34. The SMILES string of the molecule is COCCn1cnc2c(N3CCN(c4ccnc5ccccc45)CC3)ncnc21. The van der Waals surface area contributed by atoms with Crippen molar-refractivity contribution in [2.75, 3.05) is 49.7 Å². The molecule has 0 saturated carbocycles. The Bertz CT molecular complexity index is 1130. The highest BCUT2D eigenvalue weighted by Crippen LogP contribution is 2.28. The molecule has 1 aromatic carbocycles. The van der Waals surface area contributed by atoms with Crippen molar-refractivity contribution >= 4 is 33.6 Å². The molecular formula is C21H23N7O. The average molecular weight is 389 g/mol. The summed E-state index contributed by atoms with van der Waals surface area (Å²) in [6, 6.07) is 10.4. The highest BCUT2D eigenvalue weighted by atomic mass is 16.5. The normalized spacial score (nSPS) is 14.8. The minimum absolute atomic E-state index is 0.628. The van der Waals surface area contributed by atoms with E-state index in [0.29, 0.717) is 6.61 Å². The summed E-state index contributed by atoms with van der Waals surface area (Å²) in [6.45, 7) is 4.96.